The van der Waals surface area contributed by atoms with E-state index in [1.54, 1.807) is 24.8 Å². The fourth-order valence-electron chi connectivity index (χ4n) is 2.56. The molecule has 0 bridgehead atoms. The van der Waals surface area contributed by atoms with E-state index in [1.165, 1.54) is 0 Å². The molecule has 0 radical (unpaired) electrons. The molecule has 0 aliphatic heterocycles. The summed E-state index contributed by atoms with van der Waals surface area (Å²) in [7, 11) is 0. The zero-order valence-electron chi connectivity index (χ0n) is 14.5. The first-order valence-corrected chi connectivity index (χ1v) is 8.21. The summed E-state index contributed by atoms with van der Waals surface area (Å²) in [6.07, 6.45) is 6.78. The number of pyridine rings is 2. The van der Waals surface area contributed by atoms with Crippen LogP contribution in [-0.4, -0.2) is 29.9 Å². The third-order valence-corrected chi connectivity index (χ3v) is 3.87. The van der Waals surface area contributed by atoms with Gasteiger partial charge in [0.15, 0.2) is 0 Å². The molecule has 0 amide bonds. The Labute approximate surface area is 151 Å². The Morgan fingerprint density at radius 3 is 1.12 bits per heavy atom. The molecule has 0 fully saturated rings. The Morgan fingerprint density at radius 1 is 0.462 bits per heavy atom. The monoisotopic (exact) mass is 340 g/mol. The quantitative estimate of drug-likeness (QED) is 0.566. The molecule has 0 unspecified atom stereocenters. The van der Waals surface area contributed by atoms with E-state index >= 15 is 0 Å². The number of aryl methyl sites for hydroxylation is 2. The highest BCUT2D eigenvalue weighted by Gasteiger charge is 2.07. The maximum Gasteiger partial charge on any atom is 0.109 e. The highest BCUT2D eigenvalue weighted by Crippen LogP contribution is 2.19. The van der Waals surface area contributed by atoms with Gasteiger partial charge in [0.2, 0.25) is 0 Å². The highest BCUT2D eigenvalue weighted by molar-refractivity contribution is 5.59. The van der Waals surface area contributed by atoms with Crippen LogP contribution in [0.25, 0.3) is 34.2 Å². The summed E-state index contributed by atoms with van der Waals surface area (Å²) < 4.78 is 0. The molecule has 6 heteroatoms. The van der Waals surface area contributed by atoms with Gasteiger partial charge in [0.1, 0.15) is 22.8 Å². The van der Waals surface area contributed by atoms with E-state index in [2.05, 4.69) is 29.9 Å². The van der Waals surface area contributed by atoms with Crippen molar-refractivity contribution in [1.82, 2.24) is 29.9 Å². The molecular weight excluding hydrogens is 324 g/mol. The van der Waals surface area contributed by atoms with E-state index in [0.29, 0.717) is 11.4 Å². The van der Waals surface area contributed by atoms with Crippen molar-refractivity contribution >= 4 is 0 Å². The fourth-order valence-corrected chi connectivity index (χ4v) is 2.56. The standard InChI is InChI=1S/C20H16N6/c1-13-5-3-7-15(25-13)17-9-23-19(11-21-17)20-12-22-18(10-24-20)16-8-4-6-14(2)26-16/h3-12H,1-2H3. The van der Waals surface area contributed by atoms with E-state index in [0.717, 1.165) is 34.2 Å². The number of rotatable bonds is 3. The topological polar surface area (TPSA) is 77.3 Å². The first-order valence-electron chi connectivity index (χ1n) is 8.21. The van der Waals surface area contributed by atoms with E-state index in [1.807, 2.05) is 50.2 Å². The summed E-state index contributed by atoms with van der Waals surface area (Å²) in [5.74, 6) is 0. The van der Waals surface area contributed by atoms with Crippen molar-refractivity contribution in [1.29, 1.82) is 0 Å². The van der Waals surface area contributed by atoms with Gasteiger partial charge in [0, 0.05) is 11.4 Å². The molecule has 0 aromatic carbocycles. The lowest BCUT2D eigenvalue weighted by atomic mass is 10.2. The van der Waals surface area contributed by atoms with Gasteiger partial charge in [-0.15, -0.1) is 0 Å². The lowest BCUT2D eigenvalue weighted by molar-refractivity contribution is 1.11. The van der Waals surface area contributed by atoms with E-state index < -0.39 is 0 Å². The van der Waals surface area contributed by atoms with Crippen LogP contribution in [0.15, 0.2) is 61.2 Å². The summed E-state index contributed by atoms with van der Waals surface area (Å²) in [6, 6.07) is 11.6. The Hall–Kier alpha value is -3.54. The molecule has 6 nitrogen and oxygen atoms in total. The highest BCUT2D eigenvalue weighted by atomic mass is 14.9. The van der Waals surface area contributed by atoms with Gasteiger partial charge in [-0.2, -0.15) is 0 Å². The van der Waals surface area contributed by atoms with Crippen molar-refractivity contribution in [3.63, 3.8) is 0 Å². The minimum absolute atomic E-state index is 0.664. The smallest absolute Gasteiger partial charge is 0.109 e. The molecular formula is C20H16N6. The Balaban J connectivity index is 1.60. The van der Waals surface area contributed by atoms with Crippen LogP contribution in [-0.2, 0) is 0 Å². The van der Waals surface area contributed by atoms with Crippen LogP contribution in [0.1, 0.15) is 11.4 Å². The van der Waals surface area contributed by atoms with Gasteiger partial charge in [-0.3, -0.25) is 29.9 Å². The normalized spacial score (nSPS) is 10.7. The first-order chi connectivity index (χ1) is 12.7. The largest absolute Gasteiger partial charge is 0.251 e. The summed E-state index contributed by atoms with van der Waals surface area (Å²) in [5, 5.41) is 0. The van der Waals surface area contributed by atoms with Crippen molar-refractivity contribution in [3.05, 3.63) is 72.6 Å². The maximum atomic E-state index is 4.46. The van der Waals surface area contributed by atoms with Crippen molar-refractivity contribution in [2.75, 3.05) is 0 Å². The third kappa shape index (κ3) is 3.30. The van der Waals surface area contributed by atoms with Crippen molar-refractivity contribution in [2.45, 2.75) is 13.8 Å². The zero-order chi connectivity index (χ0) is 17.9. The van der Waals surface area contributed by atoms with E-state index in [-0.39, 0.29) is 0 Å². The molecule has 4 aromatic rings. The van der Waals surface area contributed by atoms with Crippen LogP contribution < -0.4 is 0 Å². The van der Waals surface area contributed by atoms with Gasteiger partial charge in [0.05, 0.1) is 36.2 Å². The van der Waals surface area contributed by atoms with Gasteiger partial charge in [-0.05, 0) is 38.1 Å². The summed E-state index contributed by atoms with van der Waals surface area (Å²) >= 11 is 0. The zero-order valence-corrected chi connectivity index (χ0v) is 14.5. The van der Waals surface area contributed by atoms with Crippen LogP contribution >= 0.6 is 0 Å². The number of hydrogen-bond acceptors (Lipinski definition) is 6. The lowest BCUT2D eigenvalue weighted by Gasteiger charge is -2.04. The van der Waals surface area contributed by atoms with Crippen LogP contribution in [0.2, 0.25) is 0 Å². The lowest BCUT2D eigenvalue weighted by Crippen LogP contribution is -1.95. The van der Waals surface area contributed by atoms with Gasteiger partial charge in [-0.25, -0.2) is 0 Å². The molecule has 0 spiro atoms. The van der Waals surface area contributed by atoms with Crippen LogP contribution in [0.3, 0.4) is 0 Å². The molecule has 0 N–H and O–H groups in total. The minimum Gasteiger partial charge on any atom is -0.251 e. The third-order valence-electron chi connectivity index (χ3n) is 3.87. The molecule has 0 aliphatic rings. The second kappa shape index (κ2) is 6.76. The summed E-state index contributed by atoms with van der Waals surface area (Å²) in [6.45, 7) is 3.90. The van der Waals surface area contributed by atoms with Gasteiger partial charge in [0.25, 0.3) is 0 Å². The maximum absolute atomic E-state index is 4.46. The molecule has 4 aromatic heterocycles. The average Bonchev–Trinajstić information content (AvgIpc) is 2.68. The van der Waals surface area contributed by atoms with Gasteiger partial charge in [-0.1, -0.05) is 12.1 Å². The summed E-state index contributed by atoms with van der Waals surface area (Å²) in [5.41, 5.74) is 6.28. The molecule has 0 aliphatic carbocycles. The molecule has 126 valence electrons. The van der Waals surface area contributed by atoms with E-state index in [4.69, 9.17) is 0 Å². The predicted octanol–water partition coefficient (Wildman–Crippen LogP) is 3.67. The molecule has 0 saturated heterocycles. The predicted molar refractivity (Wildman–Crippen MR) is 99.0 cm³/mol. The second-order valence-electron chi connectivity index (χ2n) is 5.90. The molecule has 0 saturated carbocycles. The SMILES string of the molecule is Cc1cccc(-c2cnc(-c3cnc(-c4cccc(C)n4)cn3)cn2)n1. The average molecular weight is 340 g/mol. The number of hydrogen-bond donors (Lipinski definition) is 0. The first kappa shape index (κ1) is 16.0. The number of aromatic nitrogens is 6. The summed E-state index contributed by atoms with van der Waals surface area (Å²) in [4.78, 5) is 26.7. The fraction of sp³-hybridized carbons (Fsp3) is 0.100. The molecule has 0 atom stereocenters. The van der Waals surface area contributed by atoms with Crippen molar-refractivity contribution in [3.8, 4) is 34.2 Å². The van der Waals surface area contributed by atoms with E-state index in [9.17, 15) is 0 Å². The van der Waals surface area contributed by atoms with Gasteiger partial charge < -0.3 is 0 Å². The van der Waals surface area contributed by atoms with Gasteiger partial charge >= 0.3 is 0 Å². The number of nitrogens with zero attached hydrogens (tertiary/aromatic N) is 6. The molecule has 4 heterocycles. The molecule has 4 rings (SSSR count). The van der Waals surface area contributed by atoms with Crippen molar-refractivity contribution in [2.24, 2.45) is 0 Å². The van der Waals surface area contributed by atoms with Crippen LogP contribution in [0.5, 0.6) is 0 Å². The Kier molecular flexibility index (Phi) is 4.15. The van der Waals surface area contributed by atoms with Crippen LogP contribution in [0.4, 0.5) is 0 Å². The Bertz CT molecular complexity index is 955. The minimum atomic E-state index is 0.664. The van der Waals surface area contributed by atoms with Crippen LogP contribution in [0, 0.1) is 13.8 Å². The Morgan fingerprint density at radius 2 is 0.808 bits per heavy atom. The molecule has 26 heavy (non-hydrogen) atoms. The van der Waals surface area contributed by atoms with Crippen molar-refractivity contribution < 1.29 is 0 Å². The second-order valence-corrected chi connectivity index (χ2v) is 5.90.